The van der Waals surface area contributed by atoms with Gasteiger partial charge >= 0.3 is 0 Å². The second kappa shape index (κ2) is 4.86. The summed E-state index contributed by atoms with van der Waals surface area (Å²) in [6.07, 6.45) is 1.62. The third-order valence-electron chi connectivity index (χ3n) is 3.50. The third-order valence-corrected chi connectivity index (χ3v) is 3.50. The number of nitrogens with zero attached hydrogens (tertiary/aromatic N) is 1. The first-order valence-electron chi connectivity index (χ1n) is 6.42. The zero-order valence-corrected chi connectivity index (χ0v) is 11.0. The lowest BCUT2D eigenvalue weighted by molar-refractivity contribution is 0.0447. The van der Waals surface area contributed by atoms with E-state index in [1.54, 1.807) is 13.0 Å². The summed E-state index contributed by atoms with van der Waals surface area (Å²) < 4.78 is 14.1. The van der Waals surface area contributed by atoms with Gasteiger partial charge in [0.05, 0.1) is 11.3 Å². The summed E-state index contributed by atoms with van der Waals surface area (Å²) >= 11 is 0. The number of nitrogens with two attached hydrogens (primary N) is 1. The van der Waals surface area contributed by atoms with E-state index in [2.05, 4.69) is 0 Å². The van der Waals surface area contributed by atoms with Crippen molar-refractivity contribution in [1.82, 2.24) is 0 Å². The summed E-state index contributed by atoms with van der Waals surface area (Å²) in [5.74, 6) is -0.262. The third kappa shape index (κ3) is 2.65. The van der Waals surface area contributed by atoms with Gasteiger partial charge in [0.2, 0.25) is 0 Å². The van der Waals surface area contributed by atoms with Crippen molar-refractivity contribution in [3.8, 4) is 0 Å². The van der Waals surface area contributed by atoms with Gasteiger partial charge in [-0.1, -0.05) is 12.1 Å². The Hall–Kier alpha value is -1.13. The van der Waals surface area contributed by atoms with E-state index in [1.165, 1.54) is 6.07 Å². The number of hydrogen-bond donors (Lipinski definition) is 2. The number of piperidine rings is 1. The Bertz CT molecular complexity index is 432. The average Bonchev–Trinajstić information content (AvgIpc) is 2.27. The zero-order valence-electron chi connectivity index (χ0n) is 11.0. The van der Waals surface area contributed by atoms with Gasteiger partial charge in [0, 0.05) is 19.1 Å². The van der Waals surface area contributed by atoms with E-state index >= 15 is 0 Å². The smallest absolute Gasteiger partial charge is 0.146 e. The summed E-state index contributed by atoms with van der Waals surface area (Å²) in [6, 6.07) is 4.76. The predicted octanol–water partition coefficient (Wildman–Crippen LogP) is 2.20. The SMILES string of the molecule is C[C@H](N)c1cccc(F)c1N1CCCC(C)(O)C1. The molecule has 0 bridgehead atoms. The molecule has 1 aliphatic rings. The average molecular weight is 252 g/mol. The Morgan fingerprint density at radius 3 is 2.83 bits per heavy atom. The highest BCUT2D eigenvalue weighted by Crippen LogP contribution is 2.32. The maximum atomic E-state index is 14.1. The second-order valence-corrected chi connectivity index (χ2v) is 5.49. The van der Waals surface area contributed by atoms with Crippen LogP contribution >= 0.6 is 0 Å². The minimum Gasteiger partial charge on any atom is -0.388 e. The van der Waals surface area contributed by atoms with E-state index in [4.69, 9.17) is 5.73 Å². The summed E-state index contributed by atoms with van der Waals surface area (Å²) in [6.45, 7) is 4.86. The molecule has 0 radical (unpaired) electrons. The number of para-hydroxylation sites is 1. The van der Waals surface area contributed by atoms with Crippen LogP contribution in [0.4, 0.5) is 10.1 Å². The van der Waals surface area contributed by atoms with Crippen molar-refractivity contribution in [2.24, 2.45) is 5.73 Å². The van der Waals surface area contributed by atoms with Crippen molar-refractivity contribution in [1.29, 1.82) is 0 Å². The molecule has 0 aromatic heterocycles. The van der Waals surface area contributed by atoms with Crippen molar-refractivity contribution < 1.29 is 9.50 Å². The molecule has 0 saturated carbocycles. The Morgan fingerprint density at radius 1 is 1.50 bits per heavy atom. The molecule has 4 heteroatoms. The molecule has 1 aromatic rings. The molecule has 3 N–H and O–H groups in total. The van der Waals surface area contributed by atoms with Crippen molar-refractivity contribution in [3.05, 3.63) is 29.6 Å². The predicted molar refractivity (Wildman–Crippen MR) is 71.1 cm³/mol. The fourth-order valence-corrected chi connectivity index (χ4v) is 2.64. The number of halogens is 1. The van der Waals surface area contributed by atoms with Crippen LogP contribution in [0.1, 0.15) is 38.3 Å². The Balaban J connectivity index is 2.38. The van der Waals surface area contributed by atoms with Crippen LogP contribution in [0.5, 0.6) is 0 Å². The molecular formula is C14H21FN2O. The van der Waals surface area contributed by atoms with Gasteiger partial charge in [-0.05, 0) is 38.3 Å². The fraction of sp³-hybridized carbons (Fsp3) is 0.571. The molecule has 1 aromatic carbocycles. The van der Waals surface area contributed by atoms with Crippen LogP contribution in [-0.4, -0.2) is 23.8 Å². The molecule has 0 amide bonds. The van der Waals surface area contributed by atoms with Gasteiger partial charge in [-0.3, -0.25) is 0 Å². The van der Waals surface area contributed by atoms with E-state index in [0.717, 1.165) is 24.9 Å². The molecule has 1 heterocycles. The van der Waals surface area contributed by atoms with E-state index in [-0.39, 0.29) is 11.9 Å². The lowest BCUT2D eigenvalue weighted by Gasteiger charge is -2.39. The van der Waals surface area contributed by atoms with E-state index in [9.17, 15) is 9.50 Å². The molecule has 2 rings (SSSR count). The van der Waals surface area contributed by atoms with Crippen molar-refractivity contribution in [2.75, 3.05) is 18.0 Å². The summed E-state index contributed by atoms with van der Waals surface area (Å²) in [7, 11) is 0. The number of hydrogen-bond acceptors (Lipinski definition) is 3. The van der Waals surface area contributed by atoms with Crippen LogP contribution in [0.3, 0.4) is 0 Å². The van der Waals surface area contributed by atoms with Gasteiger partial charge in [0.15, 0.2) is 0 Å². The molecule has 3 nitrogen and oxygen atoms in total. The van der Waals surface area contributed by atoms with E-state index < -0.39 is 5.60 Å². The lowest BCUT2D eigenvalue weighted by atomic mass is 9.93. The number of rotatable bonds is 2. The van der Waals surface area contributed by atoms with Crippen LogP contribution in [0, 0.1) is 5.82 Å². The monoisotopic (exact) mass is 252 g/mol. The van der Waals surface area contributed by atoms with Crippen LogP contribution < -0.4 is 10.6 Å². The quantitative estimate of drug-likeness (QED) is 0.848. The Labute approximate surface area is 107 Å². The van der Waals surface area contributed by atoms with Crippen LogP contribution in [0.15, 0.2) is 18.2 Å². The standard InChI is InChI=1S/C14H21FN2O/c1-10(16)11-5-3-6-12(15)13(11)17-8-4-7-14(2,18)9-17/h3,5-6,10,18H,4,7-9,16H2,1-2H3/t10-,14?/m0/s1. The number of β-amino-alcohol motifs (C(OH)–C–C–N with tert-alkyl or cyclic N) is 1. The van der Waals surface area contributed by atoms with E-state index in [1.807, 2.05) is 17.9 Å². The van der Waals surface area contributed by atoms with Gasteiger partial charge in [0.25, 0.3) is 0 Å². The maximum absolute atomic E-state index is 14.1. The number of benzene rings is 1. The van der Waals surface area contributed by atoms with E-state index in [0.29, 0.717) is 12.2 Å². The normalized spacial score (nSPS) is 26.2. The lowest BCUT2D eigenvalue weighted by Crippen LogP contribution is -2.47. The number of anilines is 1. The molecule has 1 aliphatic heterocycles. The van der Waals surface area contributed by atoms with Crippen LogP contribution in [0.25, 0.3) is 0 Å². The first-order valence-corrected chi connectivity index (χ1v) is 6.42. The highest BCUT2D eigenvalue weighted by molar-refractivity contribution is 5.56. The zero-order chi connectivity index (χ0) is 13.3. The van der Waals surface area contributed by atoms with Crippen molar-refractivity contribution in [3.63, 3.8) is 0 Å². The molecule has 18 heavy (non-hydrogen) atoms. The molecule has 2 atom stereocenters. The summed E-state index contributed by atoms with van der Waals surface area (Å²) in [5, 5.41) is 10.1. The van der Waals surface area contributed by atoms with Gasteiger partial charge in [0.1, 0.15) is 5.82 Å². The first kappa shape index (κ1) is 13.3. The largest absolute Gasteiger partial charge is 0.388 e. The molecule has 1 saturated heterocycles. The first-order chi connectivity index (χ1) is 8.41. The molecule has 0 spiro atoms. The van der Waals surface area contributed by atoms with Crippen molar-refractivity contribution in [2.45, 2.75) is 38.3 Å². The topological polar surface area (TPSA) is 49.5 Å². The van der Waals surface area contributed by atoms with Gasteiger partial charge < -0.3 is 15.7 Å². The number of aliphatic hydroxyl groups is 1. The second-order valence-electron chi connectivity index (χ2n) is 5.49. The van der Waals surface area contributed by atoms with Gasteiger partial charge in [-0.2, -0.15) is 0 Å². The summed E-state index contributed by atoms with van der Waals surface area (Å²) in [5.41, 5.74) is 6.49. The maximum Gasteiger partial charge on any atom is 0.146 e. The molecule has 100 valence electrons. The molecule has 1 fully saturated rings. The molecular weight excluding hydrogens is 231 g/mol. The minimum absolute atomic E-state index is 0.220. The Kier molecular flexibility index (Phi) is 3.59. The highest BCUT2D eigenvalue weighted by Gasteiger charge is 2.31. The minimum atomic E-state index is -0.754. The highest BCUT2D eigenvalue weighted by atomic mass is 19.1. The fourth-order valence-electron chi connectivity index (χ4n) is 2.64. The Morgan fingerprint density at radius 2 is 2.22 bits per heavy atom. The molecule has 0 aliphatic carbocycles. The van der Waals surface area contributed by atoms with Crippen LogP contribution in [-0.2, 0) is 0 Å². The van der Waals surface area contributed by atoms with Crippen LogP contribution in [0.2, 0.25) is 0 Å². The summed E-state index contributed by atoms with van der Waals surface area (Å²) in [4.78, 5) is 1.91. The van der Waals surface area contributed by atoms with Gasteiger partial charge in [-0.15, -0.1) is 0 Å². The molecule has 1 unspecified atom stereocenters. The van der Waals surface area contributed by atoms with Crippen molar-refractivity contribution >= 4 is 5.69 Å². The van der Waals surface area contributed by atoms with Gasteiger partial charge in [-0.25, -0.2) is 4.39 Å².